The number of hydrogen-bond donors (Lipinski definition) is 0. The molecule has 0 spiro atoms. The van der Waals surface area contributed by atoms with E-state index >= 15 is 0 Å². The summed E-state index contributed by atoms with van der Waals surface area (Å²) in [7, 11) is 0. The minimum Gasteiger partial charge on any atom is -0.354 e. The Kier molecular flexibility index (Phi) is 5.41. The number of carbonyl (C=O) groups is 1. The van der Waals surface area contributed by atoms with Crippen molar-refractivity contribution in [1.29, 1.82) is 0 Å². The van der Waals surface area contributed by atoms with Gasteiger partial charge in [-0.15, -0.1) is 0 Å². The van der Waals surface area contributed by atoms with Crippen LogP contribution in [-0.4, -0.2) is 90.5 Å². The number of nitrogens with zero attached hydrogens (tertiary/aromatic N) is 5. The van der Waals surface area contributed by atoms with Crippen LogP contribution in [0.1, 0.15) is 19.8 Å². The van der Waals surface area contributed by atoms with Gasteiger partial charge in [-0.05, 0) is 30.9 Å². The number of aromatic nitrogens is 1. The van der Waals surface area contributed by atoms with Crippen LogP contribution in [0.4, 0.5) is 5.82 Å². The molecule has 0 aliphatic carbocycles. The molecule has 0 radical (unpaired) electrons. The smallest absolute Gasteiger partial charge is 0.219 e. The van der Waals surface area contributed by atoms with Gasteiger partial charge < -0.3 is 9.80 Å². The molecule has 6 nitrogen and oxygen atoms in total. The number of amides is 1. The predicted molar refractivity (Wildman–Crippen MR) is 103 cm³/mol. The minimum absolute atomic E-state index is 0.238. The van der Waals surface area contributed by atoms with Crippen molar-refractivity contribution >= 4 is 11.7 Å². The number of piperazine rings is 1. The lowest BCUT2D eigenvalue weighted by molar-refractivity contribution is -0.130. The monoisotopic (exact) mass is 357 g/mol. The fourth-order valence-corrected chi connectivity index (χ4v) is 4.64. The van der Waals surface area contributed by atoms with E-state index < -0.39 is 0 Å². The Morgan fingerprint density at radius 3 is 2.62 bits per heavy atom. The Labute approximate surface area is 156 Å². The molecule has 1 amide bonds. The Morgan fingerprint density at radius 1 is 1.12 bits per heavy atom. The van der Waals surface area contributed by atoms with Crippen LogP contribution in [0.5, 0.6) is 0 Å². The summed E-state index contributed by atoms with van der Waals surface area (Å²) in [5.41, 5.74) is 0. The van der Waals surface area contributed by atoms with Gasteiger partial charge in [-0.3, -0.25) is 14.6 Å². The topological polar surface area (TPSA) is 42.9 Å². The summed E-state index contributed by atoms with van der Waals surface area (Å²) in [6, 6.07) is 6.87. The first-order chi connectivity index (χ1) is 12.7. The molecule has 3 aliphatic heterocycles. The van der Waals surface area contributed by atoms with Crippen LogP contribution in [0.3, 0.4) is 0 Å². The van der Waals surface area contributed by atoms with Crippen LogP contribution < -0.4 is 4.90 Å². The minimum atomic E-state index is 0.238. The first-order valence-electron chi connectivity index (χ1n) is 10.1. The molecule has 1 aromatic rings. The third kappa shape index (κ3) is 4.01. The van der Waals surface area contributed by atoms with Gasteiger partial charge in [0.25, 0.3) is 0 Å². The van der Waals surface area contributed by atoms with E-state index in [0.29, 0.717) is 12.0 Å². The number of piperidine rings is 1. The first-order valence-corrected chi connectivity index (χ1v) is 10.1. The summed E-state index contributed by atoms with van der Waals surface area (Å²) in [6.45, 7) is 11.6. The highest BCUT2D eigenvalue weighted by atomic mass is 16.2. The molecule has 6 heteroatoms. The molecule has 26 heavy (non-hydrogen) atoms. The van der Waals surface area contributed by atoms with E-state index in [0.717, 1.165) is 58.1 Å². The molecule has 1 atom stereocenters. The molecule has 1 unspecified atom stereocenters. The maximum atomic E-state index is 11.6. The van der Waals surface area contributed by atoms with Crippen molar-refractivity contribution in [3.8, 4) is 0 Å². The second kappa shape index (κ2) is 7.92. The van der Waals surface area contributed by atoms with Crippen molar-refractivity contribution in [3.63, 3.8) is 0 Å². The molecule has 0 aromatic carbocycles. The highest BCUT2D eigenvalue weighted by molar-refractivity contribution is 5.73. The molecule has 3 saturated heterocycles. The van der Waals surface area contributed by atoms with Crippen molar-refractivity contribution in [2.75, 3.05) is 63.8 Å². The zero-order chi connectivity index (χ0) is 17.9. The molecule has 0 bridgehead atoms. The second-order valence-corrected chi connectivity index (χ2v) is 8.06. The molecule has 0 saturated carbocycles. The Bertz CT molecular complexity index is 595. The number of anilines is 1. The van der Waals surface area contributed by atoms with Gasteiger partial charge in [0.2, 0.25) is 5.91 Å². The quantitative estimate of drug-likeness (QED) is 0.809. The SMILES string of the molecule is CC(=O)N1CCCC(CN2CC(N3CCN(c4ccccn4)CC3)C2)C1. The van der Waals surface area contributed by atoms with E-state index in [2.05, 4.69) is 31.8 Å². The van der Waals surface area contributed by atoms with Crippen LogP contribution >= 0.6 is 0 Å². The van der Waals surface area contributed by atoms with Crippen molar-refractivity contribution in [2.24, 2.45) is 5.92 Å². The van der Waals surface area contributed by atoms with Gasteiger partial charge in [0.15, 0.2) is 0 Å². The Balaban J connectivity index is 1.18. The summed E-state index contributed by atoms with van der Waals surface area (Å²) in [5, 5.41) is 0. The van der Waals surface area contributed by atoms with E-state index in [1.165, 1.54) is 19.5 Å². The highest BCUT2D eigenvalue weighted by Crippen LogP contribution is 2.23. The van der Waals surface area contributed by atoms with Gasteiger partial charge in [-0.2, -0.15) is 0 Å². The lowest BCUT2D eigenvalue weighted by Gasteiger charge is -2.49. The van der Waals surface area contributed by atoms with Crippen molar-refractivity contribution in [1.82, 2.24) is 19.7 Å². The van der Waals surface area contributed by atoms with Crippen LogP contribution in [0.25, 0.3) is 0 Å². The zero-order valence-electron chi connectivity index (χ0n) is 15.9. The number of carbonyl (C=O) groups excluding carboxylic acids is 1. The van der Waals surface area contributed by atoms with E-state index in [-0.39, 0.29) is 5.91 Å². The molecule has 3 fully saturated rings. The second-order valence-electron chi connectivity index (χ2n) is 8.06. The van der Waals surface area contributed by atoms with Crippen LogP contribution in [0.15, 0.2) is 24.4 Å². The average Bonchev–Trinajstić information content (AvgIpc) is 2.65. The van der Waals surface area contributed by atoms with Crippen LogP contribution in [-0.2, 0) is 4.79 Å². The summed E-state index contributed by atoms with van der Waals surface area (Å²) >= 11 is 0. The maximum absolute atomic E-state index is 11.6. The van der Waals surface area contributed by atoms with Gasteiger partial charge in [0.05, 0.1) is 0 Å². The van der Waals surface area contributed by atoms with Crippen LogP contribution in [0, 0.1) is 5.92 Å². The molecule has 4 rings (SSSR count). The van der Waals surface area contributed by atoms with Crippen LogP contribution in [0.2, 0.25) is 0 Å². The van der Waals surface area contributed by atoms with E-state index in [1.54, 1.807) is 6.92 Å². The van der Waals surface area contributed by atoms with Gasteiger partial charge in [-0.1, -0.05) is 6.07 Å². The van der Waals surface area contributed by atoms with Gasteiger partial charge >= 0.3 is 0 Å². The van der Waals surface area contributed by atoms with Gasteiger partial charge in [-0.25, -0.2) is 4.98 Å². The summed E-state index contributed by atoms with van der Waals surface area (Å²) in [5.74, 6) is 2.01. The number of rotatable bonds is 4. The molecular formula is C20H31N5O. The van der Waals surface area contributed by atoms with Crippen molar-refractivity contribution in [2.45, 2.75) is 25.8 Å². The lowest BCUT2D eigenvalue weighted by Crippen LogP contribution is -2.64. The maximum Gasteiger partial charge on any atom is 0.219 e. The van der Waals surface area contributed by atoms with E-state index in [1.807, 2.05) is 17.2 Å². The molecule has 0 N–H and O–H groups in total. The molecule has 3 aliphatic rings. The zero-order valence-corrected chi connectivity index (χ0v) is 15.9. The van der Waals surface area contributed by atoms with Crippen molar-refractivity contribution in [3.05, 3.63) is 24.4 Å². The fraction of sp³-hybridized carbons (Fsp3) is 0.700. The average molecular weight is 358 g/mol. The van der Waals surface area contributed by atoms with E-state index in [4.69, 9.17) is 0 Å². The lowest BCUT2D eigenvalue weighted by atomic mass is 9.95. The normalized spacial score (nSPS) is 26.0. The first kappa shape index (κ1) is 17.7. The third-order valence-electron chi connectivity index (χ3n) is 6.22. The third-order valence-corrected chi connectivity index (χ3v) is 6.22. The highest BCUT2D eigenvalue weighted by Gasteiger charge is 2.35. The largest absolute Gasteiger partial charge is 0.354 e. The number of pyridine rings is 1. The van der Waals surface area contributed by atoms with Gasteiger partial charge in [0, 0.05) is 78.1 Å². The molecular weight excluding hydrogens is 326 g/mol. The Morgan fingerprint density at radius 2 is 1.92 bits per heavy atom. The van der Waals surface area contributed by atoms with Gasteiger partial charge in [0.1, 0.15) is 5.82 Å². The molecule has 1 aromatic heterocycles. The predicted octanol–water partition coefficient (Wildman–Crippen LogP) is 1.15. The van der Waals surface area contributed by atoms with E-state index in [9.17, 15) is 4.79 Å². The molecule has 142 valence electrons. The number of hydrogen-bond acceptors (Lipinski definition) is 5. The summed E-state index contributed by atoms with van der Waals surface area (Å²) in [6.07, 6.45) is 4.31. The van der Waals surface area contributed by atoms with Crippen molar-refractivity contribution < 1.29 is 4.79 Å². The fourth-order valence-electron chi connectivity index (χ4n) is 4.64. The Hall–Kier alpha value is -1.66. The summed E-state index contributed by atoms with van der Waals surface area (Å²) < 4.78 is 0. The standard InChI is InChI=1S/C20H31N5O/c1-17(26)25-8-4-5-18(14-25)13-22-15-19(16-22)23-9-11-24(12-10-23)20-6-2-3-7-21-20/h2-3,6-7,18-19H,4-5,8-16H2,1H3. The number of likely N-dealkylation sites (tertiary alicyclic amines) is 2. The summed E-state index contributed by atoms with van der Waals surface area (Å²) in [4.78, 5) is 25.7. The molecule has 4 heterocycles.